The van der Waals surface area contributed by atoms with Gasteiger partial charge >= 0.3 is 6.18 Å². The van der Waals surface area contributed by atoms with Crippen molar-refractivity contribution < 1.29 is 22.0 Å². The van der Waals surface area contributed by atoms with Gasteiger partial charge < -0.3 is 5.32 Å². The van der Waals surface area contributed by atoms with Crippen molar-refractivity contribution in [3.63, 3.8) is 0 Å². The summed E-state index contributed by atoms with van der Waals surface area (Å²) in [6.45, 7) is 2.24. The Balaban J connectivity index is 2.49. The van der Waals surface area contributed by atoms with Crippen molar-refractivity contribution in [2.75, 3.05) is 26.2 Å². The van der Waals surface area contributed by atoms with E-state index in [0.717, 1.165) is 17.0 Å². The summed E-state index contributed by atoms with van der Waals surface area (Å²) in [6, 6.07) is -0.224. The van der Waals surface area contributed by atoms with E-state index in [1.807, 2.05) is 0 Å². The quantitative estimate of drug-likeness (QED) is 0.844. The van der Waals surface area contributed by atoms with Gasteiger partial charge in [0.2, 0.25) is 0 Å². The molecule has 0 unspecified atom stereocenters. The lowest BCUT2D eigenvalue weighted by Crippen LogP contribution is -2.49. The third-order valence-electron chi connectivity index (χ3n) is 3.42. The van der Waals surface area contributed by atoms with E-state index in [-0.39, 0.29) is 18.7 Å². The lowest BCUT2D eigenvalue weighted by molar-refractivity contribution is -0.189. The van der Waals surface area contributed by atoms with Gasteiger partial charge in [-0.3, -0.25) is 4.90 Å². The van der Waals surface area contributed by atoms with Crippen molar-refractivity contribution in [1.29, 1.82) is 0 Å². The molecule has 0 amide bonds. The molecule has 1 aromatic rings. The topological polar surface area (TPSA) is 15.3 Å². The summed E-state index contributed by atoms with van der Waals surface area (Å²) in [5, 5.41) is 2.92. The van der Waals surface area contributed by atoms with Gasteiger partial charge in [0.1, 0.15) is 17.7 Å². The molecular weight excluding hydrogens is 279 g/mol. The van der Waals surface area contributed by atoms with E-state index < -0.39 is 29.4 Å². The second kappa shape index (κ2) is 5.65. The van der Waals surface area contributed by atoms with Crippen LogP contribution >= 0.6 is 0 Å². The molecule has 0 aliphatic carbocycles. The summed E-state index contributed by atoms with van der Waals surface area (Å²) in [7, 11) is 0. The van der Waals surface area contributed by atoms with Crippen LogP contribution in [-0.2, 0) is 0 Å². The molecule has 20 heavy (non-hydrogen) atoms. The van der Waals surface area contributed by atoms with Gasteiger partial charge in [-0.2, -0.15) is 13.2 Å². The average Bonchev–Trinajstić information content (AvgIpc) is 2.39. The Hall–Kier alpha value is -1.21. The first kappa shape index (κ1) is 15.2. The molecule has 0 saturated carbocycles. The summed E-state index contributed by atoms with van der Waals surface area (Å²) >= 11 is 0. The molecule has 2 nitrogen and oxygen atoms in total. The first-order valence-electron chi connectivity index (χ1n) is 6.28. The number of aryl methyl sites for hydroxylation is 1. The predicted molar refractivity (Wildman–Crippen MR) is 64.3 cm³/mol. The summed E-state index contributed by atoms with van der Waals surface area (Å²) in [5.74, 6) is -2.28. The molecule has 1 N–H and O–H groups in total. The molecule has 1 atom stereocenters. The maximum Gasteiger partial charge on any atom is 0.408 e. The Labute approximate surface area is 113 Å². The number of rotatable bonds is 2. The van der Waals surface area contributed by atoms with Crippen LogP contribution in [0.1, 0.15) is 17.2 Å². The van der Waals surface area contributed by atoms with Gasteiger partial charge in [0.05, 0.1) is 5.56 Å². The van der Waals surface area contributed by atoms with E-state index in [4.69, 9.17) is 0 Å². The van der Waals surface area contributed by atoms with Gasteiger partial charge in [-0.25, -0.2) is 8.78 Å². The number of alkyl halides is 3. The van der Waals surface area contributed by atoms with Gasteiger partial charge in [0, 0.05) is 26.2 Å². The maximum atomic E-state index is 14.0. The molecule has 1 heterocycles. The van der Waals surface area contributed by atoms with Crippen molar-refractivity contribution in [1.82, 2.24) is 10.2 Å². The number of benzene rings is 1. The number of nitrogens with one attached hydrogen (secondary N) is 1. The number of nitrogens with zero attached hydrogens (tertiary/aromatic N) is 1. The predicted octanol–water partition coefficient (Wildman–Crippen LogP) is 2.78. The second-order valence-electron chi connectivity index (χ2n) is 4.82. The summed E-state index contributed by atoms with van der Waals surface area (Å²) in [4.78, 5) is 1.07. The second-order valence-corrected chi connectivity index (χ2v) is 4.82. The van der Waals surface area contributed by atoms with Crippen LogP contribution in [-0.4, -0.2) is 37.3 Å². The Bertz CT molecular complexity index is 480. The SMILES string of the molecule is Cc1ccc(F)c([C@H](N2CCNCC2)C(F)(F)F)c1F. The lowest BCUT2D eigenvalue weighted by Gasteiger charge is -2.36. The smallest absolute Gasteiger partial charge is 0.314 e. The zero-order valence-corrected chi connectivity index (χ0v) is 10.9. The molecule has 0 bridgehead atoms. The van der Waals surface area contributed by atoms with Crippen LogP contribution in [0.15, 0.2) is 12.1 Å². The highest BCUT2D eigenvalue weighted by molar-refractivity contribution is 5.30. The maximum absolute atomic E-state index is 14.0. The van der Waals surface area contributed by atoms with Crippen LogP contribution in [0.25, 0.3) is 0 Å². The van der Waals surface area contributed by atoms with Gasteiger partial charge in [-0.05, 0) is 18.6 Å². The highest BCUT2D eigenvalue weighted by Gasteiger charge is 2.47. The summed E-state index contributed by atoms with van der Waals surface area (Å²) < 4.78 is 67.7. The zero-order valence-electron chi connectivity index (χ0n) is 10.9. The van der Waals surface area contributed by atoms with Crippen molar-refractivity contribution in [2.45, 2.75) is 19.1 Å². The fraction of sp³-hybridized carbons (Fsp3) is 0.538. The summed E-state index contributed by atoms with van der Waals surface area (Å²) in [6.07, 6.45) is -4.73. The number of hydrogen-bond donors (Lipinski definition) is 1. The largest absolute Gasteiger partial charge is 0.408 e. The molecule has 0 spiro atoms. The Morgan fingerprint density at radius 2 is 1.75 bits per heavy atom. The van der Waals surface area contributed by atoms with Crippen LogP contribution in [0.3, 0.4) is 0 Å². The molecule has 0 aromatic heterocycles. The number of hydrogen-bond acceptors (Lipinski definition) is 2. The third kappa shape index (κ3) is 2.93. The molecule has 112 valence electrons. The number of halogens is 5. The minimum atomic E-state index is -4.73. The van der Waals surface area contributed by atoms with E-state index in [2.05, 4.69) is 5.32 Å². The van der Waals surface area contributed by atoms with E-state index in [0.29, 0.717) is 13.1 Å². The van der Waals surface area contributed by atoms with E-state index >= 15 is 0 Å². The molecule has 2 rings (SSSR count). The average molecular weight is 294 g/mol. The van der Waals surface area contributed by atoms with Gasteiger partial charge in [0.25, 0.3) is 0 Å². The normalized spacial score (nSPS) is 19.1. The Morgan fingerprint density at radius 3 is 2.30 bits per heavy atom. The highest BCUT2D eigenvalue weighted by atomic mass is 19.4. The highest BCUT2D eigenvalue weighted by Crippen LogP contribution is 2.40. The van der Waals surface area contributed by atoms with Crippen LogP contribution in [0.4, 0.5) is 22.0 Å². The monoisotopic (exact) mass is 294 g/mol. The van der Waals surface area contributed by atoms with Gasteiger partial charge in [-0.1, -0.05) is 6.07 Å². The minimum absolute atomic E-state index is 0.00536. The van der Waals surface area contributed by atoms with Crippen LogP contribution < -0.4 is 5.32 Å². The minimum Gasteiger partial charge on any atom is -0.314 e. The van der Waals surface area contributed by atoms with E-state index in [1.165, 1.54) is 6.92 Å². The van der Waals surface area contributed by atoms with Crippen LogP contribution in [0, 0.1) is 18.6 Å². The fourth-order valence-electron chi connectivity index (χ4n) is 2.42. The molecule has 1 aliphatic heterocycles. The third-order valence-corrected chi connectivity index (χ3v) is 3.42. The number of piperazine rings is 1. The molecule has 1 fully saturated rings. The molecule has 1 aliphatic rings. The van der Waals surface area contributed by atoms with E-state index in [1.54, 1.807) is 0 Å². The molecule has 0 radical (unpaired) electrons. The van der Waals surface area contributed by atoms with Crippen molar-refractivity contribution in [3.05, 3.63) is 34.9 Å². The van der Waals surface area contributed by atoms with Crippen LogP contribution in [0.2, 0.25) is 0 Å². The van der Waals surface area contributed by atoms with E-state index in [9.17, 15) is 22.0 Å². The standard InChI is InChI=1S/C13H15F5N2/c1-8-2-3-9(14)10(11(8)15)12(13(16,17)18)20-6-4-19-5-7-20/h2-3,12,19H,4-7H2,1H3/t12-/m0/s1. The summed E-state index contributed by atoms with van der Waals surface area (Å²) in [5.41, 5.74) is -0.898. The molecule has 7 heteroatoms. The Morgan fingerprint density at radius 1 is 1.15 bits per heavy atom. The van der Waals surface area contributed by atoms with Crippen molar-refractivity contribution in [3.8, 4) is 0 Å². The van der Waals surface area contributed by atoms with Crippen molar-refractivity contribution in [2.24, 2.45) is 0 Å². The Kier molecular flexibility index (Phi) is 4.29. The first-order chi connectivity index (χ1) is 9.32. The van der Waals surface area contributed by atoms with Gasteiger partial charge in [-0.15, -0.1) is 0 Å². The first-order valence-corrected chi connectivity index (χ1v) is 6.28. The van der Waals surface area contributed by atoms with Crippen molar-refractivity contribution >= 4 is 0 Å². The molecule has 1 aromatic carbocycles. The van der Waals surface area contributed by atoms with Crippen LogP contribution in [0.5, 0.6) is 0 Å². The zero-order chi connectivity index (χ0) is 14.9. The molecule has 1 saturated heterocycles. The van der Waals surface area contributed by atoms with Gasteiger partial charge in [0.15, 0.2) is 0 Å². The molecular formula is C13H15F5N2. The fourth-order valence-corrected chi connectivity index (χ4v) is 2.42. The lowest BCUT2D eigenvalue weighted by atomic mass is 10.00.